The molecule has 1 aliphatic rings. The number of hydrogen-bond donors (Lipinski definition) is 0. The van der Waals surface area contributed by atoms with Crippen LogP contribution in [-0.2, 0) is 9.53 Å². The lowest BCUT2D eigenvalue weighted by Crippen LogP contribution is -2.23. The van der Waals surface area contributed by atoms with Gasteiger partial charge in [0, 0.05) is 7.05 Å². The van der Waals surface area contributed by atoms with Gasteiger partial charge in [0.2, 0.25) is 0 Å². The normalized spacial score (nSPS) is 17.2. The molecule has 1 aliphatic heterocycles. The van der Waals surface area contributed by atoms with Crippen LogP contribution < -0.4 is 0 Å². The first kappa shape index (κ1) is 17.9. The lowest BCUT2D eigenvalue weighted by Gasteiger charge is -2.07. The zero-order valence-electron chi connectivity index (χ0n) is 14.1. The smallest absolute Gasteiger partial charge is 0.337 e. The van der Waals surface area contributed by atoms with Gasteiger partial charge in [-0.15, -0.1) is 0 Å². The van der Waals surface area contributed by atoms with Gasteiger partial charge < -0.3 is 4.74 Å². The van der Waals surface area contributed by atoms with E-state index in [2.05, 4.69) is 9.73 Å². The van der Waals surface area contributed by atoms with Crippen molar-refractivity contribution >= 4 is 40.6 Å². The first-order chi connectivity index (χ1) is 12.5. The summed E-state index contributed by atoms with van der Waals surface area (Å²) in [7, 11) is 2.96. The molecule has 0 aromatic heterocycles. The molecule has 1 fully saturated rings. The Morgan fingerprint density at radius 3 is 2.42 bits per heavy atom. The maximum atomic E-state index is 13.0. The van der Waals surface area contributed by atoms with Gasteiger partial charge in [0.1, 0.15) is 5.82 Å². The standard InChI is InChI=1S/C19H15FN2O3S/c1-22-17(23)16(11-12-3-7-14(20)8-4-12)26-19(22)21-15-9-5-13(6-10-15)18(24)25-2/h3-11H,1-2H3. The summed E-state index contributed by atoms with van der Waals surface area (Å²) in [6.45, 7) is 0. The van der Waals surface area contributed by atoms with Gasteiger partial charge >= 0.3 is 5.97 Å². The van der Waals surface area contributed by atoms with E-state index >= 15 is 0 Å². The number of carbonyl (C=O) groups excluding carboxylic acids is 2. The number of carbonyl (C=O) groups is 2. The number of esters is 1. The Hall–Kier alpha value is -2.93. The highest BCUT2D eigenvalue weighted by Gasteiger charge is 2.30. The quantitative estimate of drug-likeness (QED) is 0.608. The molecule has 1 amide bonds. The zero-order valence-corrected chi connectivity index (χ0v) is 14.9. The predicted molar refractivity (Wildman–Crippen MR) is 99.6 cm³/mol. The van der Waals surface area contributed by atoms with Crippen molar-refractivity contribution in [1.29, 1.82) is 0 Å². The number of aliphatic imine (C=N–C) groups is 1. The van der Waals surface area contributed by atoms with Crippen LogP contribution in [0.5, 0.6) is 0 Å². The molecule has 0 radical (unpaired) electrons. The van der Waals surface area contributed by atoms with Gasteiger partial charge in [0.25, 0.3) is 5.91 Å². The summed E-state index contributed by atoms with van der Waals surface area (Å²) in [6.07, 6.45) is 1.70. The second-order valence-electron chi connectivity index (χ2n) is 5.46. The van der Waals surface area contributed by atoms with Crippen molar-refractivity contribution in [3.8, 4) is 0 Å². The Labute approximate surface area is 154 Å². The first-order valence-corrected chi connectivity index (χ1v) is 8.50. The lowest BCUT2D eigenvalue weighted by molar-refractivity contribution is -0.121. The van der Waals surface area contributed by atoms with Gasteiger partial charge in [-0.1, -0.05) is 12.1 Å². The van der Waals surface area contributed by atoms with Crippen molar-refractivity contribution in [3.63, 3.8) is 0 Å². The van der Waals surface area contributed by atoms with Crippen LogP contribution in [0.25, 0.3) is 6.08 Å². The van der Waals surface area contributed by atoms with E-state index in [1.807, 2.05) is 0 Å². The lowest BCUT2D eigenvalue weighted by atomic mass is 10.2. The van der Waals surface area contributed by atoms with Crippen LogP contribution >= 0.6 is 11.8 Å². The molecule has 3 rings (SSSR count). The van der Waals surface area contributed by atoms with Crippen LogP contribution in [0, 0.1) is 5.82 Å². The van der Waals surface area contributed by atoms with E-state index in [0.717, 1.165) is 5.56 Å². The molecule has 0 N–H and O–H groups in total. The van der Waals surface area contributed by atoms with E-state index in [4.69, 9.17) is 0 Å². The SMILES string of the molecule is COC(=O)c1ccc(N=C2SC(=Cc3ccc(F)cc3)C(=O)N2C)cc1. The Morgan fingerprint density at radius 2 is 1.81 bits per heavy atom. The highest BCUT2D eigenvalue weighted by Crippen LogP contribution is 2.33. The Morgan fingerprint density at radius 1 is 1.15 bits per heavy atom. The molecule has 1 heterocycles. The van der Waals surface area contributed by atoms with E-state index < -0.39 is 5.97 Å². The predicted octanol–water partition coefficient (Wildman–Crippen LogP) is 3.85. The van der Waals surface area contributed by atoms with Crippen molar-refractivity contribution in [1.82, 2.24) is 4.90 Å². The minimum absolute atomic E-state index is 0.177. The van der Waals surface area contributed by atoms with Crippen molar-refractivity contribution in [2.24, 2.45) is 4.99 Å². The topological polar surface area (TPSA) is 59.0 Å². The molecular weight excluding hydrogens is 355 g/mol. The number of hydrogen-bond acceptors (Lipinski definition) is 5. The maximum absolute atomic E-state index is 13.0. The van der Waals surface area contributed by atoms with Crippen LogP contribution in [0.2, 0.25) is 0 Å². The molecule has 0 atom stereocenters. The van der Waals surface area contributed by atoms with Gasteiger partial charge in [0.15, 0.2) is 5.17 Å². The number of nitrogens with zero attached hydrogens (tertiary/aromatic N) is 2. The summed E-state index contributed by atoms with van der Waals surface area (Å²) < 4.78 is 17.7. The molecule has 0 saturated carbocycles. The molecule has 0 unspecified atom stereocenters. The third-order valence-corrected chi connectivity index (χ3v) is 4.74. The van der Waals surface area contributed by atoms with Gasteiger partial charge in [-0.05, 0) is 59.8 Å². The summed E-state index contributed by atoms with van der Waals surface area (Å²) >= 11 is 1.24. The fraction of sp³-hybridized carbons (Fsp3) is 0.105. The molecule has 0 aliphatic carbocycles. The van der Waals surface area contributed by atoms with Gasteiger partial charge in [-0.25, -0.2) is 14.2 Å². The summed E-state index contributed by atoms with van der Waals surface area (Å²) in [6, 6.07) is 12.5. The first-order valence-electron chi connectivity index (χ1n) is 7.68. The van der Waals surface area contributed by atoms with Gasteiger partial charge in [0.05, 0.1) is 23.3 Å². The second kappa shape index (κ2) is 7.53. The number of benzene rings is 2. The van der Waals surface area contributed by atoms with Crippen LogP contribution in [0.3, 0.4) is 0 Å². The number of amidine groups is 1. The van der Waals surface area contributed by atoms with Crippen molar-refractivity contribution in [2.45, 2.75) is 0 Å². The van der Waals surface area contributed by atoms with Crippen LogP contribution in [-0.4, -0.2) is 36.1 Å². The molecular formula is C19H15FN2O3S. The van der Waals surface area contributed by atoms with E-state index in [1.54, 1.807) is 49.5 Å². The molecule has 1 saturated heterocycles. The van der Waals surface area contributed by atoms with E-state index in [-0.39, 0.29) is 11.7 Å². The second-order valence-corrected chi connectivity index (χ2v) is 6.47. The molecule has 0 bridgehead atoms. The third kappa shape index (κ3) is 3.83. The van der Waals surface area contributed by atoms with Crippen molar-refractivity contribution in [2.75, 3.05) is 14.2 Å². The van der Waals surface area contributed by atoms with E-state index in [9.17, 15) is 14.0 Å². The van der Waals surface area contributed by atoms with Gasteiger partial charge in [-0.3, -0.25) is 9.69 Å². The number of halogens is 1. The molecule has 0 spiro atoms. The van der Waals surface area contributed by atoms with Crippen LogP contribution in [0.1, 0.15) is 15.9 Å². The largest absolute Gasteiger partial charge is 0.465 e. The molecule has 132 valence electrons. The average molecular weight is 370 g/mol. The maximum Gasteiger partial charge on any atom is 0.337 e. The number of likely N-dealkylation sites (N-methyl/N-ethyl adjacent to an activating group) is 1. The minimum atomic E-state index is -0.420. The molecule has 26 heavy (non-hydrogen) atoms. The monoisotopic (exact) mass is 370 g/mol. The molecule has 2 aromatic rings. The Bertz CT molecular complexity index is 905. The highest BCUT2D eigenvalue weighted by molar-refractivity contribution is 8.18. The number of thioether (sulfide) groups is 1. The summed E-state index contributed by atoms with van der Waals surface area (Å²) in [5.41, 5.74) is 1.78. The van der Waals surface area contributed by atoms with Crippen LogP contribution in [0.4, 0.5) is 10.1 Å². The number of rotatable bonds is 3. The fourth-order valence-electron chi connectivity index (χ4n) is 2.26. The van der Waals surface area contributed by atoms with E-state index in [0.29, 0.717) is 21.3 Å². The number of methoxy groups -OCH3 is 1. The van der Waals surface area contributed by atoms with Crippen LogP contribution in [0.15, 0.2) is 58.4 Å². The summed E-state index contributed by atoms with van der Waals surface area (Å²) in [5.74, 6) is -0.923. The molecule has 5 nitrogen and oxygen atoms in total. The fourth-order valence-corrected chi connectivity index (χ4v) is 3.25. The highest BCUT2D eigenvalue weighted by atomic mass is 32.2. The summed E-state index contributed by atoms with van der Waals surface area (Å²) in [4.78, 5) is 30.2. The number of amides is 1. The Kier molecular flexibility index (Phi) is 5.18. The zero-order chi connectivity index (χ0) is 18.7. The van der Waals surface area contributed by atoms with Gasteiger partial charge in [-0.2, -0.15) is 0 Å². The van der Waals surface area contributed by atoms with Crippen molar-refractivity contribution < 1.29 is 18.7 Å². The Balaban J connectivity index is 1.83. The third-order valence-electron chi connectivity index (χ3n) is 3.68. The summed E-state index contributed by atoms with van der Waals surface area (Å²) in [5, 5.41) is 0.522. The van der Waals surface area contributed by atoms with Crippen molar-refractivity contribution in [3.05, 3.63) is 70.4 Å². The van der Waals surface area contributed by atoms with E-state index in [1.165, 1.54) is 35.9 Å². The number of ether oxygens (including phenoxy) is 1. The molecule has 7 heteroatoms. The average Bonchev–Trinajstić information content (AvgIpc) is 2.91. The minimum Gasteiger partial charge on any atom is -0.465 e. The molecule has 2 aromatic carbocycles.